The second kappa shape index (κ2) is 30.5. The second-order valence-electron chi connectivity index (χ2n) is 15.9. The number of aliphatic hydroxyl groups is 5. The van der Waals surface area contributed by atoms with Gasteiger partial charge in [-0.15, -0.1) is 0 Å². The SMILES string of the molecule is CCCCCCCCCCCCCC[C@@H](O)[C@@H](O)[C@H](CO[C@H]1C[C@H](COCC)[C@H](O)[C@H](O)[C@H]1O)NC(=O)CCCCCCCCCCc1ccc(F)cc1. The molecule has 8 atom stereocenters. The molecule has 314 valence electrons. The molecule has 1 aromatic rings. The smallest absolute Gasteiger partial charge is 0.220 e. The number of halogens is 1. The molecule has 0 unspecified atom stereocenters. The van der Waals surface area contributed by atoms with E-state index in [1.165, 1.54) is 75.5 Å². The molecule has 0 aliphatic heterocycles. The first kappa shape index (κ1) is 48.5. The van der Waals surface area contributed by atoms with Crippen molar-refractivity contribution < 1.29 is 44.2 Å². The summed E-state index contributed by atoms with van der Waals surface area (Å²) in [5, 5.41) is 56.8. The van der Waals surface area contributed by atoms with Gasteiger partial charge in [-0.05, 0) is 56.7 Å². The molecule has 2 rings (SSSR count). The van der Waals surface area contributed by atoms with Crippen molar-refractivity contribution in [3.63, 3.8) is 0 Å². The summed E-state index contributed by atoms with van der Waals surface area (Å²) in [6.45, 7) is 4.58. The van der Waals surface area contributed by atoms with E-state index < -0.39 is 48.6 Å². The van der Waals surface area contributed by atoms with Gasteiger partial charge in [0, 0.05) is 18.9 Å². The minimum Gasteiger partial charge on any atom is -0.390 e. The van der Waals surface area contributed by atoms with Crippen molar-refractivity contribution in [3.8, 4) is 0 Å². The van der Waals surface area contributed by atoms with E-state index in [1.54, 1.807) is 0 Å². The molecule has 1 fully saturated rings. The Balaban J connectivity index is 1.76. The summed E-state index contributed by atoms with van der Waals surface area (Å²) in [6, 6.07) is 5.82. The molecular formula is C44H78FNO8. The summed E-state index contributed by atoms with van der Waals surface area (Å²) in [7, 11) is 0. The lowest BCUT2D eigenvalue weighted by Crippen LogP contribution is -2.57. The van der Waals surface area contributed by atoms with Crippen molar-refractivity contribution >= 4 is 5.91 Å². The summed E-state index contributed by atoms with van der Waals surface area (Å²) >= 11 is 0. The third kappa shape index (κ3) is 21.0. The number of carbonyl (C=O) groups is 1. The van der Waals surface area contributed by atoms with E-state index in [0.29, 0.717) is 25.9 Å². The standard InChI is InChI=1S/C44H78FNO8/c1-3-5-6-7-8-9-10-11-12-16-19-22-25-38(47)42(50)37(33-54-39-31-35(32-53-4-2)41(49)44(52)43(39)51)46-40(48)26-23-20-17-14-13-15-18-21-24-34-27-29-36(45)30-28-34/h27-30,35,37-39,41-44,47,49-52H,3-26,31-33H2,1-2H3,(H,46,48)/t35-,37+,38-,39+,41+,42+,43+,44+/m1/s1. The molecule has 0 spiro atoms. The van der Waals surface area contributed by atoms with E-state index in [4.69, 9.17) is 9.47 Å². The van der Waals surface area contributed by atoms with Crippen molar-refractivity contribution in [2.45, 2.75) is 211 Å². The Bertz CT molecular complexity index is 1050. The fourth-order valence-electron chi connectivity index (χ4n) is 7.57. The number of hydrogen-bond donors (Lipinski definition) is 6. The van der Waals surface area contributed by atoms with Crippen molar-refractivity contribution in [3.05, 3.63) is 35.6 Å². The zero-order chi connectivity index (χ0) is 39.4. The Morgan fingerprint density at radius 1 is 0.741 bits per heavy atom. The molecule has 0 bridgehead atoms. The first-order valence-corrected chi connectivity index (χ1v) is 21.8. The van der Waals surface area contributed by atoms with E-state index in [1.807, 2.05) is 19.1 Å². The summed E-state index contributed by atoms with van der Waals surface area (Å²) in [5.41, 5.74) is 1.17. The Morgan fingerprint density at radius 2 is 1.28 bits per heavy atom. The first-order chi connectivity index (χ1) is 26.2. The van der Waals surface area contributed by atoms with Gasteiger partial charge in [-0.2, -0.15) is 0 Å². The first-order valence-electron chi connectivity index (χ1n) is 21.8. The van der Waals surface area contributed by atoms with Gasteiger partial charge in [0.15, 0.2) is 0 Å². The van der Waals surface area contributed by atoms with Crippen LogP contribution < -0.4 is 5.32 Å². The number of unbranched alkanes of at least 4 members (excludes halogenated alkanes) is 18. The average molecular weight is 768 g/mol. The summed E-state index contributed by atoms with van der Waals surface area (Å²) in [6.07, 6.45) is 17.6. The van der Waals surface area contributed by atoms with E-state index >= 15 is 0 Å². The minimum atomic E-state index is -1.41. The normalized spacial score (nSPS) is 21.9. The van der Waals surface area contributed by atoms with Gasteiger partial charge in [0.05, 0.1) is 37.6 Å². The summed E-state index contributed by atoms with van der Waals surface area (Å²) in [5.74, 6) is -0.869. The quantitative estimate of drug-likeness (QED) is 0.0399. The fourth-order valence-corrected chi connectivity index (χ4v) is 7.57. The highest BCUT2D eigenvalue weighted by Crippen LogP contribution is 2.29. The molecule has 0 aromatic heterocycles. The van der Waals surface area contributed by atoms with Crippen molar-refractivity contribution in [2.24, 2.45) is 5.92 Å². The zero-order valence-electron chi connectivity index (χ0n) is 33.9. The van der Waals surface area contributed by atoms with Crippen LogP contribution in [0, 0.1) is 11.7 Å². The summed E-state index contributed by atoms with van der Waals surface area (Å²) < 4.78 is 24.6. The maximum Gasteiger partial charge on any atom is 0.220 e. The van der Waals surface area contributed by atoms with Gasteiger partial charge >= 0.3 is 0 Å². The van der Waals surface area contributed by atoms with Gasteiger partial charge in [0.1, 0.15) is 24.1 Å². The predicted molar refractivity (Wildman–Crippen MR) is 214 cm³/mol. The fraction of sp³-hybridized carbons (Fsp3) is 0.841. The number of nitrogens with one attached hydrogen (secondary N) is 1. The van der Waals surface area contributed by atoms with E-state index in [-0.39, 0.29) is 31.4 Å². The summed E-state index contributed by atoms with van der Waals surface area (Å²) in [4.78, 5) is 13.1. The second-order valence-corrected chi connectivity index (χ2v) is 15.9. The molecule has 1 saturated carbocycles. The number of ether oxygens (including phenoxy) is 2. The molecule has 1 aliphatic carbocycles. The third-order valence-electron chi connectivity index (χ3n) is 11.2. The molecule has 1 aliphatic rings. The molecule has 0 saturated heterocycles. The van der Waals surface area contributed by atoms with Crippen molar-refractivity contribution in [2.75, 3.05) is 19.8 Å². The van der Waals surface area contributed by atoms with Crippen molar-refractivity contribution in [1.82, 2.24) is 5.32 Å². The van der Waals surface area contributed by atoms with Crippen molar-refractivity contribution in [1.29, 1.82) is 0 Å². The molecule has 10 heteroatoms. The van der Waals surface area contributed by atoms with E-state index in [2.05, 4.69) is 12.2 Å². The molecule has 0 heterocycles. The number of benzene rings is 1. The predicted octanol–water partition coefficient (Wildman–Crippen LogP) is 7.70. The van der Waals surface area contributed by atoms with Crippen LogP contribution in [0.15, 0.2) is 24.3 Å². The lowest BCUT2D eigenvalue weighted by atomic mass is 9.81. The van der Waals surface area contributed by atoms with Crippen LogP contribution in [-0.2, 0) is 20.7 Å². The molecule has 54 heavy (non-hydrogen) atoms. The number of aliphatic hydroxyl groups excluding tert-OH is 5. The lowest BCUT2D eigenvalue weighted by Gasteiger charge is -2.41. The number of rotatable bonds is 33. The molecule has 1 amide bonds. The highest BCUT2D eigenvalue weighted by Gasteiger charge is 2.43. The minimum absolute atomic E-state index is 0.157. The molecule has 0 radical (unpaired) electrons. The zero-order valence-corrected chi connectivity index (χ0v) is 33.9. The topological polar surface area (TPSA) is 149 Å². The van der Waals surface area contributed by atoms with Gasteiger partial charge in [0.2, 0.25) is 5.91 Å². The number of aryl methyl sites for hydroxylation is 1. The third-order valence-corrected chi connectivity index (χ3v) is 11.2. The largest absolute Gasteiger partial charge is 0.390 e. The van der Waals surface area contributed by atoms with Gasteiger partial charge in [0.25, 0.3) is 0 Å². The van der Waals surface area contributed by atoms with Gasteiger partial charge < -0.3 is 40.3 Å². The maximum atomic E-state index is 13.1. The van der Waals surface area contributed by atoms with Crippen LogP contribution in [0.3, 0.4) is 0 Å². The van der Waals surface area contributed by atoms with Crippen LogP contribution in [0.5, 0.6) is 0 Å². The monoisotopic (exact) mass is 768 g/mol. The Morgan fingerprint density at radius 3 is 1.85 bits per heavy atom. The van der Waals surface area contributed by atoms with Crippen LogP contribution in [-0.4, -0.2) is 93.9 Å². The lowest BCUT2D eigenvalue weighted by molar-refractivity contribution is -0.184. The highest BCUT2D eigenvalue weighted by molar-refractivity contribution is 5.76. The van der Waals surface area contributed by atoms with Crippen LogP contribution in [0.4, 0.5) is 4.39 Å². The molecule has 6 N–H and O–H groups in total. The number of carbonyl (C=O) groups excluding carboxylic acids is 1. The van der Waals surface area contributed by atoms with Crippen LogP contribution in [0.1, 0.15) is 167 Å². The van der Waals surface area contributed by atoms with Gasteiger partial charge in [-0.1, -0.05) is 135 Å². The molecular weight excluding hydrogens is 689 g/mol. The van der Waals surface area contributed by atoms with Gasteiger partial charge in [-0.3, -0.25) is 4.79 Å². The van der Waals surface area contributed by atoms with Gasteiger partial charge in [-0.25, -0.2) is 4.39 Å². The Labute approximate surface area is 326 Å². The van der Waals surface area contributed by atoms with Crippen LogP contribution in [0.25, 0.3) is 0 Å². The number of hydrogen-bond acceptors (Lipinski definition) is 8. The molecule has 9 nitrogen and oxygen atoms in total. The van der Waals surface area contributed by atoms with Crippen LogP contribution in [0.2, 0.25) is 0 Å². The van der Waals surface area contributed by atoms with E-state index in [0.717, 1.165) is 70.6 Å². The number of amides is 1. The van der Waals surface area contributed by atoms with E-state index in [9.17, 15) is 34.7 Å². The maximum absolute atomic E-state index is 13.1. The molecule has 1 aromatic carbocycles. The average Bonchev–Trinajstić information content (AvgIpc) is 3.17. The Hall–Kier alpha value is -1.66. The van der Waals surface area contributed by atoms with Crippen LogP contribution >= 0.6 is 0 Å². The Kier molecular flexibility index (Phi) is 27.4. The highest BCUT2D eigenvalue weighted by atomic mass is 19.1.